The van der Waals surface area contributed by atoms with E-state index in [2.05, 4.69) is 5.32 Å². The number of phenols is 1. The molecule has 0 saturated heterocycles. The van der Waals surface area contributed by atoms with Crippen LogP contribution in [0.3, 0.4) is 0 Å². The van der Waals surface area contributed by atoms with Gasteiger partial charge in [0, 0.05) is 0 Å². The van der Waals surface area contributed by atoms with Crippen molar-refractivity contribution in [1.82, 2.24) is 5.32 Å². The second-order valence-electron chi connectivity index (χ2n) is 3.18. The second-order valence-corrected chi connectivity index (χ2v) is 3.18. The number of hydrogen-bond acceptors (Lipinski definition) is 3. The van der Waals surface area contributed by atoms with Gasteiger partial charge in [0.05, 0.1) is 7.11 Å². The van der Waals surface area contributed by atoms with E-state index < -0.39 is 0 Å². The third kappa shape index (κ3) is 2.64. The molecule has 0 heterocycles. The molecule has 0 saturated carbocycles. The first-order valence-corrected chi connectivity index (χ1v) is 4.79. The summed E-state index contributed by atoms with van der Waals surface area (Å²) in [5, 5.41) is 12.8. The SMILES string of the molecule is CNCCCc1cccc(OC)c1O. The van der Waals surface area contributed by atoms with Crippen molar-refractivity contribution in [1.29, 1.82) is 0 Å². The molecule has 14 heavy (non-hydrogen) atoms. The molecular formula is C11H17NO2. The number of aromatic hydroxyl groups is 1. The third-order valence-corrected chi connectivity index (χ3v) is 2.18. The lowest BCUT2D eigenvalue weighted by atomic mass is 10.1. The number of aryl methyl sites for hydroxylation is 1. The molecule has 0 aliphatic carbocycles. The molecule has 0 aliphatic heterocycles. The van der Waals surface area contributed by atoms with Crippen LogP contribution in [0, 0.1) is 0 Å². The zero-order valence-electron chi connectivity index (χ0n) is 8.71. The summed E-state index contributed by atoms with van der Waals surface area (Å²) in [5.41, 5.74) is 0.944. The number of rotatable bonds is 5. The number of hydrogen-bond donors (Lipinski definition) is 2. The van der Waals surface area contributed by atoms with E-state index in [4.69, 9.17) is 4.74 Å². The minimum atomic E-state index is 0.270. The van der Waals surface area contributed by atoms with Crippen molar-refractivity contribution in [2.75, 3.05) is 20.7 Å². The van der Waals surface area contributed by atoms with Gasteiger partial charge in [-0.15, -0.1) is 0 Å². The van der Waals surface area contributed by atoms with Gasteiger partial charge in [0.1, 0.15) is 0 Å². The zero-order chi connectivity index (χ0) is 10.4. The van der Waals surface area contributed by atoms with Crippen molar-refractivity contribution in [3.05, 3.63) is 23.8 Å². The van der Waals surface area contributed by atoms with Crippen LogP contribution in [0.1, 0.15) is 12.0 Å². The van der Waals surface area contributed by atoms with Crippen LogP contribution >= 0.6 is 0 Å². The summed E-state index contributed by atoms with van der Waals surface area (Å²) in [6, 6.07) is 5.58. The van der Waals surface area contributed by atoms with Crippen molar-refractivity contribution in [3.63, 3.8) is 0 Å². The van der Waals surface area contributed by atoms with Gasteiger partial charge in [0.25, 0.3) is 0 Å². The molecule has 0 aliphatic rings. The fourth-order valence-corrected chi connectivity index (χ4v) is 1.39. The Morgan fingerprint density at radius 2 is 2.21 bits per heavy atom. The average Bonchev–Trinajstić information content (AvgIpc) is 2.21. The molecule has 1 aromatic rings. The first kappa shape index (κ1) is 10.9. The van der Waals surface area contributed by atoms with E-state index in [1.165, 1.54) is 0 Å². The standard InChI is InChI=1S/C11H17NO2/c1-12-8-4-6-9-5-3-7-10(14-2)11(9)13/h3,5,7,12-13H,4,6,8H2,1-2H3. The minimum Gasteiger partial charge on any atom is -0.504 e. The highest BCUT2D eigenvalue weighted by Gasteiger charge is 2.05. The summed E-state index contributed by atoms with van der Waals surface area (Å²) < 4.78 is 5.03. The summed E-state index contributed by atoms with van der Waals surface area (Å²) >= 11 is 0. The Morgan fingerprint density at radius 3 is 2.86 bits per heavy atom. The largest absolute Gasteiger partial charge is 0.504 e. The van der Waals surface area contributed by atoms with Crippen LogP contribution in [0.15, 0.2) is 18.2 Å². The number of methoxy groups -OCH3 is 1. The van der Waals surface area contributed by atoms with E-state index in [1.807, 2.05) is 19.2 Å². The lowest BCUT2D eigenvalue weighted by Gasteiger charge is -2.08. The van der Waals surface area contributed by atoms with Crippen LogP contribution in [0.2, 0.25) is 0 Å². The maximum Gasteiger partial charge on any atom is 0.160 e. The molecule has 0 aromatic heterocycles. The van der Waals surface area contributed by atoms with Gasteiger partial charge in [-0.2, -0.15) is 0 Å². The maximum absolute atomic E-state index is 9.74. The van der Waals surface area contributed by atoms with Crippen molar-refractivity contribution in [2.45, 2.75) is 12.8 Å². The van der Waals surface area contributed by atoms with Gasteiger partial charge in [0.15, 0.2) is 11.5 Å². The highest BCUT2D eigenvalue weighted by Crippen LogP contribution is 2.29. The quantitative estimate of drug-likeness (QED) is 0.700. The number of nitrogens with one attached hydrogen (secondary N) is 1. The number of para-hydroxylation sites is 1. The highest BCUT2D eigenvalue weighted by molar-refractivity contribution is 5.45. The van der Waals surface area contributed by atoms with Crippen LogP contribution in [-0.2, 0) is 6.42 Å². The van der Waals surface area contributed by atoms with Gasteiger partial charge in [-0.05, 0) is 38.1 Å². The Hall–Kier alpha value is -1.22. The second kappa shape index (κ2) is 5.50. The summed E-state index contributed by atoms with van der Waals surface area (Å²) in [4.78, 5) is 0. The summed E-state index contributed by atoms with van der Waals surface area (Å²) in [5.74, 6) is 0.818. The molecular weight excluding hydrogens is 178 g/mol. The van der Waals surface area contributed by atoms with E-state index in [0.29, 0.717) is 5.75 Å². The van der Waals surface area contributed by atoms with Gasteiger partial charge in [-0.1, -0.05) is 12.1 Å². The molecule has 2 N–H and O–H groups in total. The molecule has 0 radical (unpaired) electrons. The van der Waals surface area contributed by atoms with Crippen LogP contribution in [-0.4, -0.2) is 25.8 Å². The molecule has 0 amide bonds. The normalized spacial score (nSPS) is 10.1. The van der Waals surface area contributed by atoms with Gasteiger partial charge < -0.3 is 15.2 Å². The number of ether oxygens (including phenoxy) is 1. The van der Waals surface area contributed by atoms with Crippen molar-refractivity contribution in [3.8, 4) is 11.5 Å². The smallest absolute Gasteiger partial charge is 0.160 e. The van der Waals surface area contributed by atoms with E-state index in [-0.39, 0.29) is 5.75 Å². The van der Waals surface area contributed by atoms with Crippen LogP contribution in [0.25, 0.3) is 0 Å². The topological polar surface area (TPSA) is 41.5 Å². The van der Waals surface area contributed by atoms with E-state index >= 15 is 0 Å². The Labute approximate surface area is 84.7 Å². The number of phenolic OH excluding ortho intramolecular Hbond substituents is 1. The summed E-state index contributed by atoms with van der Waals surface area (Å²) in [7, 11) is 3.48. The summed E-state index contributed by atoms with van der Waals surface area (Å²) in [6.07, 6.45) is 1.88. The molecule has 0 unspecified atom stereocenters. The molecule has 3 heteroatoms. The van der Waals surface area contributed by atoms with Crippen molar-refractivity contribution >= 4 is 0 Å². The molecule has 0 atom stereocenters. The Morgan fingerprint density at radius 1 is 1.43 bits per heavy atom. The van der Waals surface area contributed by atoms with Gasteiger partial charge >= 0.3 is 0 Å². The Bertz CT molecular complexity index is 287. The van der Waals surface area contributed by atoms with Gasteiger partial charge in [-0.25, -0.2) is 0 Å². The maximum atomic E-state index is 9.74. The zero-order valence-corrected chi connectivity index (χ0v) is 8.71. The lowest BCUT2D eigenvalue weighted by Crippen LogP contribution is -2.08. The van der Waals surface area contributed by atoms with Crippen LogP contribution in [0.5, 0.6) is 11.5 Å². The predicted molar refractivity (Wildman–Crippen MR) is 56.9 cm³/mol. The molecule has 1 rings (SSSR count). The Kier molecular flexibility index (Phi) is 4.26. The van der Waals surface area contributed by atoms with E-state index in [0.717, 1.165) is 24.9 Å². The predicted octanol–water partition coefficient (Wildman–Crippen LogP) is 1.55. The Balaban J connectivity index is 2.66. The molecule has 0 spiro atoms. The lowest BCUT2D eigenvalue weighted by molar-refractivity contribution is 0.370. The molecule has 1 aromatic carbocycles. The van der Waals surface area contributed by atoms with Crippen molar-refractivity contribution < 1.29 is 9.84 Å². The highest BCUT2D eigenvalue weighted by atomic mass is 16.5. The van der Waals surface area contributed by atoms with Crippen LogP contribution in [0.4, 0.5) is 0 Å². The van der Waals surface area contributed by atoms with Gasteiger partial charge in [0.2, 0.25) is 0 Å². The van der Waals surface area contributed by atoms with Gasteiger partial charge in [-0.3, -0.25) is 0 Å². The monoisotopic (exact) mass is 195 g/mol. The third-order valence-electron chi connectivity index (χ3n) is 2.18. The average molecular weight is 195 g/mol. The molecule has 3 nitrogen and oxygen atoms in total. The minimum absolute atomic E-state index is 0.270. The van der Waals surface area contributed by atoms with Crippen molar-refractivity contribution in [2.24, 2.45) is 0 Å². The van der Waals surface area contributed by atoms with E-state index in [1.54, 1.807) is 13.2 Å². The molecule has 0 bridgehead atoms. The van der Waals surface area contributed by atoms with E-state index in [9.17, 15) is 5.11 Å². The molecule has 0 fully saturated rings. The molecule has 78 valence electrons. The fourth-order valence-electron chi connectivity index (χ4n) is 1.39. The number of benzene rings is 1. The fraction of sp³-hybridized carbons (Fsp3) is 0.455. The first-order chi connectivity index (χ1) is 6.79. The first-order valence-electron chi connectivity index (χ1n) is 4.79. The van der Waals surface area contributed by atoms with Crippen LogP contribution < -0.4 is 10.1 Å². The summed E-state index contributed by atoms with van der Waals surface area (Å²) in [6.45, 7) is 0.955.